The average molecular weight is 309 g/mol. The summed E-state index contributed by atoms with van der Waals surface area (Å²) in [5.41, 5.74) is 3.41. The minimum Gasteiger partial charge on any atom is -0.497 e. The first-order chi connectivity index (χ1) is 11.2. The van der Waals surface area contributed by atoms with Crippen molar-refractivity contribution in [1.29, 1.82) is 5.26 Å². The van der Waals surface area contributed by atoms with Gasteiger partial charge in [-0.3, -0.25) is 0 Å². The van der Waals surface area contributed by atoms with Gasteiger partial charge in [0.05, 0.1) is 25.7 Å². The van der Waals surface area contributed by atoms with Crippen LogP contribution in [0.2, 0.25) is 0 Å². The van der Waals surface area contributed by atoms with Crippen LogP contribution in [0.15, 0.2) is 42.5 Å². The summed E-state index contributed by atoms with van der Waals surface area (Å²) in [6.07, 6.45) is 1.61. The van der Waals surface area contributed by atoms with E-state index in [0.29, 0.717) is 6.61 Å². The second-order valence-electron chi connectivity index (χ2n) is 5.65. The van der Waals surface area contributed by atoms with Crippen LogP contribution in [0.4, 0.5) is 0 Å². The SMILES string of the molecule is COc1cccc(C(C#N)CCCOc2cccc(C)c2C)c1. The lowest BCUT2D eigenvalue weighted by atomic mass is 9.96. The van der Waals surface area contributed by atoms with Gasteiger partial charge in [-0.25, -0.2) is 0 Å². The maximum atomic E-state index is 9.41. The van der Waals surface area contributed by atoms with Crippen LogP contribution in [-0.4, -0.2) is 13.7 Å². The topological polar surface area (TPSA) is 42.2 Å². The molecule has 1 atom stereocenters. The van der Waals surface area contributed by atoms with Crippen molar-refractivity contribution < 1.29 is 9.47 Å². The van der Waals surface area contributed by atoms with E-state index in [-0.39, 0.29) is 5.92 Å². The first-order valence-electron chi connectivity index (χ1n) is 7.88. The van der Waals surface area contributed by atoms with Crippen LogP contribution in [0.25, 0.3) is 0 Å². The van der Waals surface area contributed by atoms with Crippen LogP contribution < -0.4 is 9.47 Å². The molecule has 2 aromatic rings. The lowest BCUT2D eigenvalue weighted by Gasteiger charge is -2.13. The minimum absolute atomic E-state index is 0.132. The van der Waals surface area contributed by atoms with Crippen molar-refractivity contribution in [2.24, 2.45) is 0 Å². The largest absolute Gasteiger partial charge is 0.497 e. The Hall–Kier alpha value is -2.47. The Bertz CT molecular complexity index is 688. The van der Waals surface area contributed by atoms with Crippen molar-refractivity contribution >= 4 is 0 Å². The van der Waals surface area contributed by atoms with Gasteiger partial charge in [0.25, 0.3) is 0 Å². The summed E-state index contributed by atoms with van der Waals surface area (Å²) in [5, 5.41) is 9.41. The number of methoxy groups -OCH3 is 1. The number of benzene rings is 2. The fourth-order valence-corrected chi connectivity index (χ4v) is 2.51. The highest BCUT2D eigenvalue weighted by atomic mass is 16.5. The zero-order valence-corrected chi connectivity index (χ0v) is 14.0. The normalized spacial score (nSPS) is 11.6. The van der Waals surface area contributed by atoms with Gasteiger partial charge in [0.15, 0.2) is 0 Å². The number of hydrogen-bond acceptors (Lipinski definition) is 3. The van der Waals surface area contributed by atoms with E-state index < -0.39 is 0 Å². The Kier molecular flexibility index (Phi) is 6.05. The smallest absolute Gasteiger partial charge is 0.122 e. The molecule has 120 valence electrons. The highest BCUT2D eigenvalue weighted by Gasteiger charge is 2.11. The molecule has 0 saturated carbocycles. The lowest BCUT2D eigenvalue weighted by molar-refractivity contribution is 0.302. The van der Waals surface area contributed by atoms with E-state index in [4.69, 9.17) is 9.47 Å². The average Bonchev–Trinajstić information content (AvgIpc) is 2.58. The van der Waals surface area contributed by atoms with E-state index in [2.05, 4.69) is 26.0 Å². The Labute approximate surface area is 138 Å². The monoisotopic (exact) mass is 309 g/mol. The molecule has 0 spiro atoms. The number of nitrogens with zero attached hydrogens (tertiary/aromatic N) is 1. The number of hydrogen-bond donors (Lipinski definition) is 0. The first kappa shape index (κ1) is 16.9. The predicted octanol–water partition coefficient (Wildman–Crippen LogP) is 4.78. The van der Waals surface area contributed by atoms with E-state index in [9.17, 15) is 5.26 Å². The van der Waals surface area contributed by atoms with Crippen LogP contribution in [0, 0.1) is 25.2 Å². The second-order valence-corrected chi connectivity index (χ2v) is 5.65. The standard InChI is InChI=1S/C20H23NO2/c1-15-7-4-11-20(16(15)2)23-12-6-9-18(14-21)17-8-5-10-19(13-17)22-3/h4-5,7-8,10-11,13,18H,6,9,12H2,1-3H3. The number of aryl methyl sites for hydroxylation is 1. The first-order valence-corrected chi connectivity index (χ1v) is 7.88. The Morgan fingerprint density at radius 3 is 2.65 bits per heavy atom. The summed E-state index contributed by atoms with van der Waals surface area (Å²) in [6, 6.07) is 16.2. The van der Waals surface area contributed by atoms with Crippen LogP contribution >= 0.6 is 0 Å². The van der Waals surface area contributed by atoms with Gasteiger partial charge in [-0.15, -0.1) is 0 Å². The Morgan fingerprint density at radius 2 is 1.91 bits per heavy atom. The number of nitriles is 1. The predicted molar refractivity (Wildman–Crippen MR) is 92.0 cm³/mol. The van der Waals surface area contributed by atoms with E-state index in [0.717, 1.165) is 29.9 Å². The Balaban J connectivity index is 1.89. The Morgan fingerprint density at radius 1 is 1.13 bits per heavy atom. The molecule has 1 unspecified atom stereocenters. The van der Waals surface area contributed by atoms with Crippen molar-refractivity contribution in [2.45, 2.75) is 32.6 Å². The molecule has 3 heteroatoms. The van der Waals surface area contributed by atoms with Gasteiger partial charge in [-0.05, 0) is 61.6 Å². The molecule has 0 aliphatic rings. The minimum atomic E-state index is -0.132. The maximum absolute atomic E-state index is 9.41. The van der Waals surface area contributed by atoms with Crippen LogP contribution in [0.5, 0.6) is 11.5 Å². The van der Waals surface area contributed by atoms with Crippen LogP contribution in [-0.2, 0) is 0 Å². The molecule has 0 amide bonds. The fraction of sp³-hybridized carbons (Fsp3) is 0.350. The summed E-state index contributed by atoms with van der Waals surface area (Å²) < 4.78 is 11.1. The van der Waals surface area contributed by atoms with E-state index in [1.165, 1.54) is 11.1 Å². The highest BCUT2D eigenvalue weighted by Crippen LogP contribution is 2.25. The van der Waals surface area contributed by atoms with Gasteiger partial charge < -0.3 is 9.47 Å². The molecule has 0 aliphatic carbocycles. The van der Waals surface area contributed by atoms with Gasteiger partial charge in [0.2, 0.25) is 0 Å². The van der Waals surface area contributed by atoms with Crippen molar-refractivity contribution in [2.75, 3.05) is 13.7 Å². The number of rotatable bonds is 7. The molecule has 0 saturated heterocycles. The second kappa shape index (κ2) is 8.24. The van der Waals surface area contributed by atoms with Crippen molar-refractivity contribution in [3.63, 3.8) is 0 Å². The van der Waals surface area contributed by atoms with Gasteiger partial charge in [0, 0.05) is 0 Å². The molecular weight excluding hydrogens is 286 g/mol. The molecule has 2 rings (SSSR count). The van der Waals surface area contributed by atoms with Crippen LogP contribution in [0.1, 0.15) is 35.4 Å². The molecule has 0 aromatic heterocycles. The molecule has 2 aromatic carbocycles. The van der Waals surface area contributed by atoms with Crippen LogP contribution in [0.3, 0.4) is 0 Å². The molecule has 3 nitrogen and oxygen atoms in total. The van der Waals surface area contributed by atoms with Gasteiger partial charge in [-0.2, -0.15) is 5.26 Å². The molecule has 0 aliphatic heterocycles. The molecule has 23 heavy (non-hydrogen) atoms. The maximum Gasteiger partial charge on any atom is 0.122 e. The number of ether oxygens (including phenoxy) is 2. The molecule has 0 bridgehead atoms. The lowest BCUT2D eigenvalue weighted by Crippen LogP contribution is -2.03. The van der Waals surface area contributed by atoms with E-state index in [1.54, 1.807) is 7.11 Å². The summed E-state index contributed by atoms with van der Waals surface area (Å²) >= 11 is 0. The van der Waals surface area contributed by atoms with Gasteiger partial charge in [0.1, 0.15) is 11.5 Å². The zero-order valence-electron chi connectivity index (χ0n) is 14.0. The van der Waals surface area contributed by atoms with Crippen molar-refractivity contribution in [3.8, 4) is 17.6 Å². The van der Waals surface area contributed by atoms with Crippen molar-refractivity contribution in [1.82, 2.24) is 0 Å². The molecule has 0 radical (unpaired) electrons. The summed E-state index contributed by atoms with van der Waals surface area (Å²) in [6.45, 7) is 4.77. The van der Waals surface area contributed by atoms with Gasteiger partial charge >= 0.3 is 0 Å². The molecular formula is C20H23NO2. The summed E-state index contributed by atoms with van der Waals surface area (Å²) in [7, 11) is 1.64. The van der Waals surface area contributed by atoms with E-state index in [1.807, 2.05) is 36.4 Å². The van der Waals surface area contributed by atoms with Crippen molar-refractivity contribution in [3.05, 3.63) is 59.2 Å². The third-order valence-corrected chi connectivity index (χ3v) is 4.10. The fourth-order valence-electron chi connectivity index (χ4n) is 2.51. The summed E-state index contributed by atoms with van der Waals surface area (Å²) in [4.78, 5) is 0. The molecule has 0 N–H and O–H groups in total. The third kappa shape index (κ3) is 4.50. The summed E-state index contributed by atoms with van der Waals surface area (Å²) in [5.74, 6) is 1.58. The molecule has 0 fully saturated rings. The zero-order chi connectivity index (χ0) is 16.7. The third-order valence-electron chi connectivity index (χ3n) is 4.10. The molecule has 0 heterocycles. The van der Waals surface area contributed by atoms with E-state index >= 15 is 0 Å². The highest BCUT2D eigenvalue weighted by molar-refractivity contribution is 5.38. The van der Waals surface area contributed by atoms with Gasteiger partial charge in [-0.1, -0.05) is 24.3 Å². The quantitative estimate of drug-likeness (QED) is 0.691.